The van der Waals surface area contributed by atoms with Crippen molar-refractivity contribution in [3.63, 3.8) is 0 Å². The number of hydrogen-bond acceptors (Lipinski definition) is 6. The summed E-state index contributed by atoms with van der Waals surface area (Å²) in [6, 6.07) is 6.03. The molecule has 0 unspecified atom stereocenters. The number of rotatable bonds is 7. The lowest BCUT2D eigenvalue weighted by Crippen LogP contribution is -2.51. The van der Waals surface area contributed by atoms with Gasteiger partial charge in [0.05, 0.1) is 11.2 Å². The summed E-state index contributed by atoms with van der Waals surface area (Å²) >= 11 is 2.61. The molecular weight excluding hydrogens is 435 g/mol. The van der Waals surface area contributed by atoms with Crippen molar-refractivity contribution in [3.05, 3.63) is 35.6 Å². The van der Waals surface area contributed by atoms with E-state index in [0.29, 0.717) is 33.8 Å². The lowest BCUT2D eigenvalue weighted by Gasteiger charge is -2.55. The number of thioether (sulfide) groups is 1. The highest BCUT2D eigenvalue weighted by atomic mass is 32.2. The summed E-state index contributed by atoms with van der Waals surface area (Å²) < 4.78 is 13.6. The summed E-state index contributed by atoms with van der Waals surface area (Å²) in [6.07, 6.45) is 6.94. The van der Waals surface area contributed by atoms with Crippen LogP contribution in [0.15, 0.2) is 28.6 Å². The standard InChI is InChI=1S/C22H25FN4O2S2/c23-17-3-1-13(2-4-17)11-24-18(28)12-30-21-27-26-20(31-21)25-19(29)22-8-14-5-15(9-22)7-16(6-14)10-22/h1-4,14-16H,5-12H2,(H,24,28)(H,25,26,29). The minimum Gasteiger partial charge on any atom is -0.351 e. The van der Waals surface area contributed by atoms with Crippen molar-refractivity contribution in [1.29, 1.82) is 0 Å². The average molecular weight is 461 g/mol. The van der Waals surface area contributed by atoms with Crippen molar-refractivity contribution in [2.24, 2.45) is 23.2 Å². The summed E-state index contributed by atoms with van der Waals surface area (Å²) in [4.78, 5) is 25.2. The molecule has 1 aromatic heterocycles. The van der Waals surface area contributed by atoms with Gasteiger partial charge in [-0.05, 0) is 74.0 Å². The number of carbonyl (C=O) groups is 2. The molecule has 4 fully saturated rings. The van der Waals surface area contributed by atoms with Crippen molar-refractivity contribution < 1.29 is 14.0 Å². The molecule has 4 aliphatic carbocycles. The number of amides is 2. The van der Waals surface area contributed by atoms with E-state index >= 15 is 0 Å². The van der Waals surface area contributed by atoms with Gasteiger partial charge in [-0.15, -0.1) is 10.2 Å². The highest BCUT2D eigenvalue weighted by molar-refractivity contribution is 8.01. The predicted molar refractivity (Wildman–Crippen MR) is 118 cm³/mol. The number of carbonyl (C=O) groups excluding carboxylic acids is 2. The molecule has 6 nitrogen and oxygen atoms in total. The third-order valence-corrected chi connectivity index (χ3v) is 8.85. The monoisotopic (exact) mass is 460 g/mol. The Balaban J connectivity index is 1.11. The van der Waals surface area contributed by atoms with Crippen LogP contribution in [0.4, 0.5) is 9.52 Å². The minimum absolute atomic E-state index is 0.108. The summed E-state index contributed by atoms with van der Waals surface area (Å²) in [5.74, 6) is 2.02. The Bertz CT molecular complexity index is 943. The maximum Gasteiger partial charge on any atom is 0.232 e. The zero-order valence-electron chi connectivity index (χ0n) is 17.1. The van der Waals surface area contributed by atoms with Gasteiger partial charge in [-0.25, -0.2) is 4.39 Å². The van der Waals surface area contributed by atoms with Gasteiger partial charge in [0, 0.05) is 6.54 Å². The van der Waals surface area contributed by atoms with E-state index in [1.807, 2.05) is 0 Å². The van der Waals surface area contributed by atoms with Gasteiger partial charge in [0.25, 0.3) is 0 Å². The molecule has 2 N–H and O–H groups in total. The van der Waals surface area contributed by atoms with Crippen LogP contribution in [0.2, 0.25) is 0 Å². The molecule has 0 saturated heterocycles. The third kappa shape index (κ3) is 4.62. The molecule has 4 bridgehead atoms. The molecule has 0 radical (unpaired) electrons. The summed E-state index contributed by atoms with van der Waals surface area (Å²) in [5.41, 5.74) is 0.624. The Kier molecular flexibility index (Phi) is 5.73. The SMILES string of the molecule is O=C(CSc1nnc(NC(=O)C23CC4CC(CC(C4)C2)C3)s1)NCc1ccc(F)cc1. The van der Waals surface area contributed by atoms with Gasteiger partial charge in [0.2, 0.25) is 16.9 Å². The Labute approximate surface area is 188 Å². The van der Waals surface area contributed by atoms with Gasteiger partial charge in [0.15, 0.2) is 4.34 Å². The number of hydrogen-bond donors (Lipinski definition) is 2. The fourth-order valence-corrected chi connectivity index (χ4v) is 7.50. The summed E-state index contributed by atoms with van der Waals surface area (Å²) in [6.45, 7) is 0.349. The van der Waals surface area contributed by atoms with Crippen LogP contribution < -0.4 is 10.6 Å². The Morgan fingerprint density at radius 1 is 1.06 bits per heavy atom. The predicted octanol–water partition coefficient (Wildman–Crippen LogP) is 4.24. The first-order chi connectivity index (χ1) is 15.0. The van der Waals surface area contributed by atoms with E-state index in [1.165, 1.54) is 54.5 Å². The Morgan fingerprint density at radius 2 is 1.71 bits per heavy atom. The van der Waals surface area contributed by atoms with Crippen molar-refractivity contribution in [1.82, 2.24) is 15.5 Å². The lowest BCUT2D eigenvalue weighted by atomic mass is 9.49. The van der Waals surface area contributed by atoms with Crippen LogP contribution in [-0.2, 0) is 16.1 Å². The molecule has 0 atom stereocenters. The molecule has 0 spiro atoms. The molecule has 1 heterocycles. The third-order valence-electron chi connectivity index (χ3n) is 6.88. The molecule has 6 rings (SSSR count). The summed E-state index contributed by atoms with van der Waals surface area (Å²) in [5, 5.41) is 14.6. The van der Waals surface area contributed by atoms with Gasteiger partial charge in [0.1, 0.15) is 5.82 Å². The van der Waals surface area contributed by atoms with Crippen molar-refractivity contribution >= 4 is 40.0 Å². The second-order valence-corrected chi connectivity index (χ2v) is 11.4. The molecule has 9 heteroatoms. The second kappa shape index (κ2) is 8.50. The Hall–Kier alpha value is -2.00. The number of halogens is 1. The molecule has 31 heavy (non-hydrogen) atoms. The highest BCUT2D eigenvalue weighted by Crippen LogP contribution is 2.60. The number of nitrogens with zero attached hydrogens (tertiary/aromatic N) is 2. The van der Waals surface area contributed by atoms with E-state index in [1.54, 1.807) is 12.1 Å². The first kappa shape index (κ1) is 20.9. The van der Waals surface area contributed by atoms with Gasteiger partial charge < -0.3 is 10.6 Å². The molecule has 4 saturated carbocycles. The molecule has 2 aromatic rings. The fourth-order valence-electron chi connectivity index (χ4n) is 5.92. The van der Waals surface area contributed by atoms with E-state index in [0.717, 1.165) is 24.8 Å². The van der Waals surface area contributed by atoms with Gasteiger partial charge >= 0.3 is 0 Å². The maximum atomic E-state index is 13.1. The van der Waals surface area contributed by atoms with Gasteiger partial charge in [-0.2, -0.15) is 0 Å². The van der Waals surface area contributed by atoms with E-state index in [9.17, 15) is 14.0 Å². The van der Waals surface area contributed by atoms with Gasteiger partial charge in [-0.1, -0.05) is 35.2 Å². The van der Waals surface area contributed by atoms with Gasteiger partial charge in [-0.3, -0.25) is 9.59 Å². The Morgan fingerprint density at radius 3 is 2.35 bits per heavy atom. The van der Waals surface area contributed by atoms with E-state index < -0.39 is 0 Å². The second-order valence-electron chi connectivity index (χ2n) is 9.22. The van der Waals surface area contributed by atoms with E-state index in [4.69, 9.17) is 0 Å². The molecule has 1 aromatic carbocycles. The molecular formula is C22H25FN4O2S2. The zero-order valence-corrected chi connectivity index (χ0v) is 18.7. The topological polar surface area (TPSA) is 84.0 Å². The minimum atomic E-state index is -0.298. The molecule has 4 aliphatic rings. The van der Waals surface area contributed by atoms with Crippen molar-refractivity contribution in [2.75, 3.05) is 11.1 Å². The first-order valence-corrected chi connectivity index (χ1v) is 12.6. The highest BCUT2D eigenvalue weighted by Gasteiger charge is 2.54. The smallest absolute Gasteiger partial charge is 0.232 e. The van der Waals surface area contributed by atoms with Crippen LogP contribution in [0.3, 0.4) is 0 Å². The van der Waals surface area contributed by atoms with Crippen molar-refractivity contribution in [2.45, 2.75) is 49.4 Å². The van der Waals surface area contributed by atoms with Crippen LogP contribution in [0.1, 0.15) is 44.1 Å². The number of aromatic nitrogens is 2. The lowest BCUT2D eigenvalue weighted by molar-refractivity contribution is -0.140. The number of anilines is 1. The molecule has 2 amide bonds. The number of nitrogens with one attached hydrogen (secondary N) is 2. The van der Waals surface area contributed by atoms with Crippen LogP contribution >= 0.6 is 23.1 Å². The van der Waals surface area contributed by atoms with E-state index in [2.05, 4.69) is 20.8 Å². The summed E-state index contributed by atoms with van der Waals surface area (Å²) in [7, 11) is 0. The van der Waals surface area contributed by atoms with Crippen LogP contribution in [-0.4, -0.2) is 27.8 Å². The van der Waals surface area contributed by atoms with Crippen molar-refractivity contribution in [3.8, 4) is 0 Å². The molecule has 164 valence electrons. The van der Waals surface area contributed by atoms with E-state index in [-0.39, 0.29) is 28.8 Å². The maximum absolute atomic E-state index is 13.1. The quantitative estimate of drug-likeness (QED) is 0.477. The largest absolute Gasteiger partial charge is 0.351 e. The average Bonchev–Trinajstić information content (AvgIpc) is 3.18. The first-order valence-electron chi connectivity index (χ1n) is 10.8. The fraction of sp³-hybridized carbons (Fsp3) is 0.545. The van der Waals surface area contributed by atoms with Crippen LogP contribution in [0.5, 0.6) is 0 Å². The zero-order chi connectivity index (χ0) is 21.4. The van der Waals surface area contributed by atoms with Crippen LogP contribution in [0, 0.1) is 29.0 Å². The molecule has 0 aliphatic heterocycles. The van der Waals surface area contributed by atoms with Crippen LogP contribution in [0.25, 0.3) is 0 Å². The normalized spacial score (nSPS) is 28.5. The number of benzene rings is 1.